The van der Waals surface area contributed by atoms with Gasteiger partial charge >= 0.3 is 11.9 Å². The van der Waals surface area contributed by atoms with Crippen molar-refractivity contribution in [2.24, 2.45) is 5.16 Å². The number of esters is 1. The van der Waals surface area contributed by atoms with Gasteiger partial charge in [-0.25, -0.2) is 9.78 Å². The molecule has 2 aliphatic rings. The van der Waals surface area contributed by atoms with Crippen molar-refractivity contribution >= 4 is 73.6 Å². The van der Waals surface area contributed by atoms with E-state index in [-0.39, 0.29) is 41.2 Å². The lowest BCUT2D eigenvalue weighted by molar-refractivity contribution is -0.150. The standard InChI is InChI=1S/C17H18BrN5O7S2/c1-7(24)29-4-8-5-31-15-11(14(26)23(15)12(8)16(27)28)21-13(25)10(22-30-3-2-18)9-6-32-17(19)20-9/h6,11,15H,2-5H2,1H3,(H2,19,20)(H,21,25)(H,27,28)/t11?,15-/m1/s1. The van der Waals surface area contributed by atoms with Gasteiger partial charge in [0.2, 0.25) is 0 Å². The number of nitrogens with two attached hydrogens (primary N) is 1. The van der Waals surface area contributed by atoms with Crippen LogP contribution < -0.4 is 11.1 Å². The van der Waals surface area contributed by atoms with Gasteiger partial charge in [-0.3, -0.25) is 19.3 Å². The number of halogens is 1. The molecule has 0 saturated carbocycles. The van der Waals surface area contributed by atoms with E-state index in [0.29, 0.717) is 10.9 Å². The maximum Gasteiger partial charge on any atom is 0.352 e. The van der Waals surface area contributed by atoms with Crippen LogP contribution in [0.2, 0.25) is 0 Å². The fourth-order valence-corrected chi connectivity index (χ4v) is 4.96. The summed E-state index contributed by atoms with van der Waals surface area (Å²) in [6.07, 6.45) is 0. The van der Waals surface area contributed by atoms with Crippen LogP contribution in [0.1, 0.15) is 12.6 Å². The van der Waals surface area contributed by atoms with E-state index in [1.807, 2.05) is 0 Å². The third kappa shape index (κ3) is 5.05. The maximum atomic E-state index is 12.9. The largest absolute Gasteiger partial charge is 0.477 e. The third-order valence-electron chi connectivity index (χ3n) is 4.29. The molecule has 3 rings (SSSR count). The number of alkyl halides is 1. The molecule has 1 unspecified atom stereocenters. The van der Waals surface area contributed by atoms with E-state index in [4.69, 9.17) is 15.3 Å². The minimum Gasteiger partial charge on any atom is -0.477 e. The van der Waals surface area contributed by atoms with Gasteiger partial charge in [-0.2, -0.15) is 0 Å². The molecule has 2 atom stereocenters. The summed E-state index contributed by atoms with van der Waals surface area (Å²) in [7, 11) is 0. The summed E-state index contributed by atoms with van der Waals surface area (Å²) in [6, 6.07) is -0.977. The van der Waals surface area contributed by atoms with Crippen LogP contribution in [-0.4, -0.2) is 80.2 Å². The number of carboxylic acid groups (broad SMARTS) is 1. The molecule has 0 radical (unpaired) electrons. The van der Waals surface area contributed by atoms with Crippen LogP contribution in [-0.2, 0) is 28.8 Å². The summed E-state index contributed by atoms with van der Waals surface area (Å²) in [4.78, 5) is 58.6. The molecule has 2 amide bonds. The van der Waals surface area contributed by atoms with E-state index >= 15 is 0 Å². The number of ether oxygens (including phenoxy) is 1. The lowest BCUT2D eigenvalue weighted by Gasteiger charge is -2.49. The highest BCUT2D eigenvalue weighted by Crippen LogP contribution is 2.40. The Labute approximate surface area is 198 Å². The molecule has 1 saturated heterocycles. The predicted molar refractivity (Wildman–Crippen MR) is 119 cm³/mol. The van der Waals surface area contributed by atoms with Crippen LogP contribution in [0.5, 0.6) is 0 Å². The minimum absolute atomic E-state index is 0.157. The number of carbonyl (C=O) groups excluding carboxylic acids is 3. The number of fused-ring (bicyclic) bond motifs is 1. The Kier molecular flexibility index (Phi) is 7.73. The molecule has 1 aromatic heterocycles. The fraction of sp³-hybridized carbons (Fsp3) is 0.412. The average Bonchev–Trinajstić information content (AvgIpc) is 3.18. The Morgan fingerprint density at radius 1 is 1.47 bits per heavy atom. The topological polar surface area (TPSA) is 174 Å². The lowest BCUT2D eigenvalue weighted by atomic mass is 10.0. The van der Waals surface area contributed by atoms with Crippen LogP contribution in [0.4, 0.5) is 5.13 Å². The maximum absolute atomic E-state index is 12.9. The second-order valence-corrected chi connectivity index (χ2v) is 9.22. The monoisotopic (exact) mass is 547 g/mol. The van der Waals surface area contributed by atoms with Gasteiger partial charge in [-0.1, -0.05) is 21.1 Å². The Balaban J connectivity index is 1.77. The van der Waals surface area contributed by atoms with Crippen LogP contribution in [0.25, 0.3) is 0 Å². The molecule has 2 aliphatic heterocycles. The Hall–Kier alpha value is -2.65. The van der Waals surface area contributed by atoms with E-state index < -0.39 is 35.2 Å². The number of rotatable bonds is 9. The van der Waals surface area contributed by atoms with Crippen molar-refractivity contribution in [2.75, 3.05) is 30.0 Å². The zero-order chi connectivity index (χ0) is 23.4. The zero-order valence-corrected chi connectivity index (χ0v) is 19.8. The van der Waals surface area contributed by atoms with Gasteiger partial charge in [0, 0.05) is 29.0 Å². The molecule has 0 aliphatic carbocycles. The second kappa shape index (κ2) is 10.3. The van der Waals surface area contributed by atoms with Gasteiger partial charge in [0.05, 0.1) is 0 Å². The van der Waals surface area contributed by atoms with E-state index in [2.05, 4.69) is 31.4 Å². The molecule has 32 heavy (non-hydrogen) atoms. The van der Waals surface area contributed by atoms with Gasteiger partial charge in [0.25, 0.3) is 11.8 Å². The highest BCUT2D eigenvalue weighted by atomic mass is 79.9. The van der Waals surface area contributed by atoms with Gasteiger partial charge in [-0.15, -0.1) is 23.1 Å². The van der Waals surface area contributed by atoms with E-state index in [9.17, 15) is 24.3 Å². The molecule has 0 bridgehead atoms. The van der Waals surface area contributed by atoms with Crippen LogP contribution in [0.3, 0.4) is 0 Å². The number of anilines is 1. The third-order valence-corrected chi connectivity index (χ3v) is 6.63. The van der Waals surface area contributed by atoms with Crippen LogP contribution in [0, 0.1) is 0 Å². The number of carboxylic acids is 1. The quantitative estimate of drug-likeness (QED) is 0.0962. The molecule has 0 spiro atoms. The van der Waals surface area contributed by atoms with Crippen molar-refractivity contribution in [1.29, 1.82) is 0 Å². The molecule has 1 fully saturated rings. The molecule has 15 heteroatoms. The van der Waals surface area contributed by atoms with Gasteiger partial charge < -0.3 is 25.7 Å². The van der Waals surface area contributed by atoms with Crippen molar-refractivity contribution in [3.63, 3.8) is 0 Å². The number of amides is 2. The summed E-state index contributed by atoms with van der Waals surface area (Å²) in [5, 5.41) is 17.6. The van der Waals surface area contributed by atoms with Gasteiger partial charge in [0.15, 0.2) is 10.8 Å². The molecule has 12 nitrogen and oxygen atoms in total. The average molecular weight is 548 g/mol. The van der Waals surface area contributed by atoms with Crippen molar-refractivity contribution in [3.05, 3.63) is 22.3 Å². The Morgan fingerprint density at radius 3 is 2.81 bits per heavy atom. The van der Waals surface area contributed by atoms with E-state index in [1.165, 1.54) is 24.1 Å². The number of oxime groups is 1. The normalized spacial score (nSPS) is 20.4. The first-order valence-electron chi connectivity index (χ1n) is 9.06. The summed E-state index contributed by atoms with van der Waals surface area (Å²) in [5.74, 6) is -2.99. The lowest BCUT2D eigenvalue weighted by Crippen LogP contribution is -2.71. The first-order valence-corrected chi connectivity index (χ1v) is 12.1. The number of hydrogen-bond acceptors (Lipinski definition) is 11. The molecule has 3 heterocycles. The minimum atomic E-state index is -1.32. The molecule has 0 aromatic carbocycles. The number of hydrogen-bond donors (Lipinski definition) is 3. The summed E-state index contributed by atoms with van der Waals surface area (Å²) >= 11 is 5.54. The molecule has 172 valence electrons. The van der Waals surface area contributed by atoms with Crippen molar-refractivity contribution < 1.29 is 33.9 Å². The van der Waals surface area contributed by atoms with Crippen molar-refractivity contribution in [2.45, 2.75) is 18.3 Å². The van der Waals surface area contributed by atoms with Crippen LogP contribution in [0.15, 0.2) is 21.8 Å². The van der Waals surface area contributed by atoms with E-state index in [0.717, 1.165) is 16.2 Å². The fourth-order valence-electron chi connectivity index (χ4n) is 2.94. The summed E-state index contributed by atoms with van der Waals surface area (Å²) in [6.45, 7) is 1.17. The molecule has 4 N–H and O–H groups in total. The number of aliphatic carboxylic acids is 1. The molecule has 1 aromatic rings. The number of thioether (sulfide) groups is 1. The number of nitrogens with one attached hydrogen (secondary N) is 1. The predicted octanol–water partition coefficient (Wildman–Crippen LogP) is 0.143. The Bertz CT molecular complexity index is 1010. The zero-order valence-electron chi connectivity index (χ0n) is 16.6. The number of β-lactam (4-membered cyclic amide) rings is 1. The summed E-state index contributed by atoms with van der Waals surface area (Å²) in [5.41, 5.74) is 5.73. The highest BCUT2D eigenvalue weighted by molar-refractivity contribution is 9.09. The van der Waals surface area contributed by atoms with E-state index in [1.54, 1.807) is 0 Å². The number of nitrogens with zero attached hydrogens (tertiary/aromatic N) is 3. The van der Waals surface area contributed by atoms with Gasteiger partial charge in [0.1, 0.15) is 36.0 Å². The van der Waals surface area contributed by atoms with Gasteiger partial charge in [-0.05, 0) is 0 Å². The summed E-state index contributed by atoms with van der Waals surface area (Å²) < 4.78 is 4.89. The van der Waals surface area contributed by atoms with Crippen molar-refractivity contribution in [1.82, 2.24) is 15.2 Å². The SMILES string of the molecule is CC(=O)OCC1=C(C(=O)O)N2C(=O)C(NC(=O)C(=NOCCBr)c3csc(N)n3)[C@H]2SC1. The number of thiazole rings is 1. The van der Waals surface area contributed by atoms with Crippen molar-refractivity contribution in [3.8, 4) is 0 Å². The number of aromatic nitrogens is 1. The first-order chi connectivity index (χ1) is 15.2. The second-order valence-electron chi connectivity index (χ2n) is 6.43. The first kappa shape index (κ1) is 24.0. The Morgan fingerprint density at radius 2 is 2.22 bits per heavy atom. The molecular weight excluding hydrogens is 530 g/mol. The highest BCUT2D eigenvalue weighted by Gasteiger charge is 2.54. The number of carbonyl (C=O) groups is 4. The van der Waals surface area contributed by atoms with Crippen LogP contribution >= 0.6 is 39.0 Å². The number of nitrogen functional groups attached to an aromatic ring is 1. The molecular formula is C17H18BrN5O7S2. The smallest absolute Gasteiger partial charge is 0.352 e.